The van der Waals surface area contributed by atoms with Gasteiger partial charge in [0.15, 0.2) is 0 Å². The van der Waals surface area contributed by atoms with Gasteiger partial charge < -0.3 is 9.88 Å². The maximum atomic E-state index is 4.19. The number of aromatic nitrogens is 5. The van der Waals surface area contributed by atoms with Crippen molar-refractivity contribution in [1.82, 2.24) is 29.9 Å². The van der Waals surface area contributed by atoms with E-state index in [0.717, 1.165) is 31.0 Å². The van der Waals surface area contributed by atoms with Crippen molar-refractivity contribution in [1.29, 1.82) is 0 Å². The van der Waals surface area contributed by atoms with Crippen LogP contribution in [0.2, 0.25) is 0 Å². The van der Waals surface area contributed by atoms with E-state index in [1.807, 2.05) is 23.4 Å². The molecule has 0 aliphatic carbocycles. The second kappa shape index (κ2) is 3.71. The van der Waals surface area contributed by atoms with E-state index < -0.39 is 0 Å². The van der Waals surface area contributed by atoms with Crippen molar-refractivity contribution in [3.8, 4) is 11.4 Å². The van der Waals surface area contributed by atoms with Gasteiger partial charge in [-0.25, -0.2) is 9.67 Å². The van der Waals surface area contributed by atoms with Crippen molar-refractivity contribution in [3.05, 3.63) is 18.7 Å². The Hall–Kier alpha value is -1.69. The van der Waals surface area contributed by atoms with E-state index in [0.29, 0.717) is 6.04 Å². The topological polar surface area (TPSA) is 60.6 Å². The number of imidazole rings is 1. The quantitative estimate of drug-likeness (QED) is 0.805. The van der Waals surface area contributed by atoms with Gasteiger partial charge in [-0.2, -0.15) is 0 Å². The summed E-state index contributed by atoms with van der Waals surface area (Å²) in [5.41, 5.74) is 1.92. The van der Waals surface area contributed by atoms with Crippen LogP contribution in [0.25, 0.3) is 11.4 Å². The number of nitrogens with zero attached hydrogens (tertiary/aromatic N) is 5. The standard InChI is InChI=1S/C10H14N6/c1-2-15-7-12-5-10(15)9-6-16(14-13-9)8-3-11-4-8/h5-8,11H,2-4H2,1H3. The minimum absolute atomic E-state index is 0.458. The van der Waals surface area contributed by atoms with Crippen LogP contribution in [0.4, 0.5) is 0 Å². The zero-order valence-electron chi connectivity index (χ0n) is 9.17. The summed E-state index contributed by atoms with van der Waals surface area (Å²) in [6, 6.07) is 0.458. The lowest BCUT2D eigenvalue weighted by atomic mass is 10.2. The number of hydrogen-bond acceptors (Lipinski definition) is 4. The summed E-state index contributed by atoms with van der Waals surface area (Å²) < 4.78 is 3.99. The van der Waals surface area contributed by atoms with Gasteiger partial charge in [-0.1, -0.05) is 5.21 Å². The van der Waals surface area contributed by atoms with Gasteiger partial charge in [-0.05, 0) is 6.92 Å². The lowest BCUT2D eigenvalue weighted by Gasteiger charge is -2.26. The molecule has 0 unspecified atom stereocenters. The second-order valence-corrected chi connectivity index (χ2v) is 3.96. The third kappa shape index (κ3) is 1.42. The molecule has 0 spiro atoms. The molecule has 6 nitrogen and oxygen atoms in total. The molecule has 0 saturated carbocycles. The van der Waals surface area contributed by atoms with Crippen LogP contribution in [0.5, 0.6) is 0 Å². The Labute approximate surface area is 93.3 Å². The van der Waals surface area contributed by atoms with Gasteiger partial charge in [0.2, 0.25) is 0 Å². The molecular formula is C10H14N6. The zero-order chi connectivity index (χ0) is 11.0. The normalized spacial score (nSPS) is 16.3. The fourth-order valence-corrected chi connectivity index (χ4v) is 1.82. The van der Waals surface area contributed by atoms with E-state index in [4.69, 9.17) is 0 Å². The fourth-order valence-electron chi connectivity index (χ4n) is 1.82. The van der Waals surface area contributed by atoms with Gasteiger partial charge in [0.1, 0.15) is 5.69 Å². The van der Waals surface area contributed by atoms with Crippen molar-refractivity contribution < 1.29 is 0 Å². The largest absolute Gasteiger partial charge is 0.330 e. The van der Waals surface area contributed by atoms with Gasteiger partial charge in [0, 0.05) is 19.6 Å². The second-order valence-electron chi connectivity index (χ2n) is 3.96. The summed E-state index contributed by atoms with van der Waals surface area (Å²) in [6.07, 6.45) is 5.64. The van der Waals surface area contributed by atoms with Gasteiger partial charge >= 0.3 is 0 Å². The number of aryl methyl sites for hydroxylation is 1. The molecule has 2 aromatic heterocycles. The Morgan fingerprint density at radius 1 is 1.50 bits per heavy atom. The molecule has 16 heavy (non-hydrogen) atoms. The van der Waals surface area contributed by atoms with Crippen molar-refractivity contribution in [3.63, 3.8) is 0 Å². The van der Waals surface area contributed by atoms with Crippen molar-refractivity contribution in [2.45, 2.75) is 19.5 Å². The third-order valence-corrected chi connectivity index (χ3v) is 2.96. The summed E-state index contributed by atoms with van der Waals surface area (Å²) in [6.45, 7) is 4.95. The average molecular weight is 218 g/mol. The molecular weight excluding hydrogens is 204 g/mol. The van der Waals surface area contributed by atoms with Crippen molar-refractivity contribution >= 4 is 0 Å². The molecule has 1 aliphatic heterocycles. The van der Waals surface area contributed by atoms with Crippen molar-refractivity contribution in [2.24, 2.45) is 0 Å². The monoisotopic (exact) mass is 218 g/mol. The molecule has 0 radical (unpaired) electrons. The Morgan fingerprint density at radius 2 is 2.38 bits per heavy atom. The molecule has 3 rings (SSSR count). The van der Waals surface area contributed by atoms with Crippen LogP contribution in [0.1, 0.15) is 13.0 Å². The Balaban J connectivity index is 1.91. The molecule has 0 bridgehead atoms. The van der Waals surface area contributed by atoms with Crippen LogP contribution in [-0.4, -0.2) is 37.6 Å². The predicted molar refractivity (Wildman–Crippen MR) is 58.8 cm³/mol. The Kier molecular flexibility index (Phi) is 2.21. The summed E-state index contributed by atoms with van der Waals surface area (Å²) in [5, 5.41) is 11.6. The van der Waals surface area contributed by atoms with E-state index >= 15 is 0 Å². The molecule has 0 amide bonds. The maximum absolute atomic E-state index is 4.19. The first-order valence-corrected chi connectivity index (χ1v) is 5.51. The van der Waals surface area contributed by atoms with Gasteiger partial charge in [0.25, 0.3) is 0 Å². The van der Waals surface area contributed by atoms with Gasteiger partial charge in [-0.3, -0.25) is 0 Å². The van der Waals surface area contributed by atoms with Crippen molar-refractivity contribution in [2.75, 3.05) is 13.1 Å². The van der Waals surface area contributed by atoms with Crippen LogP contribution in [0.15, 0.2) is 18.7 Å². The summed E-state index contributed by atoms with van der Waals surface area (Å²) in [5.74, 6) is 0. The zero-order valence-corrected chi connectivity index (χ0v) is 9.17. The molecule has 3 heterocycles. The minimum atomic E-state index is 0.458. The van der Waals surface area contributed by atoms with E-state index in [-0.39, 0.29) is 0 Å². The summed E-state index contributed by atoms with van der Waals surface area (Å²) in [7, 11) is 0. The van der Waals surface area contributed by atoms with E-state index in [1.165, 1.54) is 0 Å². The Bertz CT molecular complexity index is 481. The molecule has 0 aromatic carbocycles. The first-order chi connectivity index (χ1) is 7.88. The smallest absolute Gasteiger partial charge is 0.131 e. The van der Waals surface area contributed by atoms with E-state index in [2.05, 4.69) is 32.1 Å². The Morgan fingerprint density at radius 3 is 3.06 bits per heavy atom. The number of nitrogens with one attached hydrogen (secondary N) is 1. The highest BCUT2D eigenvalue weighted by atomic mass is 15.5. The molecule has 1 fully saturated rings. The summed E-state index contributed by atoms with van der Waals surface area (Å²) in [4.78, 5) is 4.13. The highest BCUT2D eigenvalue weighted by Gasteiger charge is 2.20. The van der Waals surface area contributed by atoms with E-state index in [1.54, 1.807) is 0 Å². The fraction of sp³-hybridized carbons (Fsp3) is 0.500. The predicted octanol–water partition coefficient (Wildman–Crippen LogP) is 0.306. The minimum Gasteiger partial charge on any atom is -0.330 e. The first kappa shape index (κ1) is 9.53. The highest BCUT2D eigenvalue weighted by Crippen LogP contribution is 2.18. The average Bonchev–Trinajstić information content (AvgIpc) is 2.81. The van der Waals surface area contributed by atoms with Crippen LogP contribution in [0.3, 0.4) is 0 Å². The van der Waals surface area contributed by atoms with Gasteiger partial charge in [-0.15, -0.1) is 5.10 Å². The van der Waals surface area contributed by atoms with Crippen LogP contribution >= 0.6 is 0 Å². The van der Waals surface area contributed by atoms with Crippen LogP contribution in [-0.2, 0) is 6.54 Å². The molecule has 1 N–H and O–H groups in total. The molecule has 84 valence electrons. The SMILES string of the molecule is CCn1cncc1-c1cn(C2CNC2)nn1. The first-order valence-electron chi connectivity index (χ1n) is 5.51. The molecule has 0 atom stereocenters. The molecule has 2 aromatic rings. The summed E-state index contributed by atoms with van der Waals surface area (Å²) >= 11 is 0. The highest BCUT2D eigenvalue weighted by molar-refractivity contribution is 5.51. The number of rotatable bonds is 3. The van der Waals surface area contributed by atoms with E-state index in [9.17, 15) is 0 Å². The maximum Gasteiger partial charge on any atom is 0.131 e. The molecule has 6 heteroatoms. The molecule has 1 aliphatic rings. The van der Waals surface area contributed by atoms with Gasteiger partial charge in [0.05, 0.1) is 30.5 Å². The third-order valence-electron chi connectivity index (χ3n) is 2.96. The lowest BCUT2D eigenvalue weighted by molar-refractivity contribution is 0.313. The molecule has 1 saturated heterocycles. The lowest BCUT2D eigenvalue weighted by Crippen LogP contribution is -2.43. The van der Waals surface area contributed by atoms with Crippen LogP contribution < -0.4 is 5.32 Å². The van der Waals surface area contributed by atoms with Crippen LogP contribution in [0, 0.1) is 0 Å². The number of hydrogen-bond donors (Lipinski definition) is 1.